The van der Waals surface area contributed by atoms with Crippen molar-refractivity contribution in [3.05, 3.63) is 114 Å². The zero-order chi connectivity index (χ0) is 21.9. The summed E-state index contributed by atoms with van der Waals surface area (Å²) in [7, 11) is 0. The number of hydrogen-bond donors (Lipinski definition) is 0. The molecule has 2 nitrogen and oxygen atoms in total. The van der Waals surface area contributed by atoms with Gasteiger partial charge in [0.2, 0.25) is 0 Å². The van der Waals surface area contributed by atoms with Crippen LogP contribution in [0.15, 0.2) is 114 Å². The lowest BCUT2D eigenvalue weighted by Crippen LogP contribution is -1.94. The van der Waals surface area contributed by atoms with Crippen LogP contribution in [0.3, 0.4) is 0 Å². The van der Waals surface area contributed by atoms with Crippen LogP contribution in [0.2, 0.25) is 5.02 Å². The number of benzene rings is 5. The number of aromatic nitrogens is 1. The molecule has 0 bridgehead atoms. The van der Waals surface area contributed by atoms with E-state index in [0.717, 1.165) is 49.1 Å². The fourth-order valence-corrected chi connectivity index (χ4v) is 5.14. The van der Waals surface area contributed by atoms with E-state index in [2.05, 4.69) is 89.5 Å². The lowest BCUT2D eigenvalue weighted by Gasteiger charge is -2.10. The predicted molar refractivity (Wildman–Crippen MR) is 139 cm³/mol. The zero-order valence-electron chi connectivity index (χ0n) is 17.6. The van der Waals surface area contributed by atoms with Gasteiger partial charge in [0, 0.05) is 26.6 Å². The Morgan fingerprint density at radius 2 is 1.36 bits per heavy atom. The molecule has 0 amide bonds. The van der Waals surface area contributed by atoms with Crippen LogP contribution in [0.5, 0.6) is 0 Å². The van der Waals surface area contributed by atoms with Crippen LogP contribution in [0.25, 0.3) is 60.6 Å². The lowest BCUT2D eigenvalue weighted by molar-refractivity contribution is 0.666. The number of rotatable bonds is 2. The first-order valence-electron chi connectivity index (χ1n) is 11.0. The minimum absolute atomic E-state index is 0.732. The topological polar surface area (TPSA) is 18.1 Å². The average molecular weight is 444 g/mol. The largest absolute Gasteiger partial charge is 0.454 e. The van der Waals surface area contributed by atoms with Gasteiger partial charge >= 0.3 is 0 Å². The monoisotopic (exact) mass is 443 g/mol. The summed E-state index contributed by atoms with van der Waals surface area (Å²) < 4.78 is 8.70. The molecule has 2 heterocycles. The van der Waals surface area contributed by atoms with Crippen LogP contribution < -0.4 is 0 Å². The molecule has 0 N–H and O–H groups in total. The Bertz CT molecular complexity index is 1830. The summed E-state index contributed by atoms with van der Waals surface area (Å²) in [5.41, 5.74) is 7.41. The normalized spacial score (nSPS) is 11.8. The molecule has 0 atom stereocenters. The highest BCUT2D eigenvalue weighted by atomic mass is 35.5. The summed E-state index contributed by atoms with van der Waals surface area (Å²) >= 11 is 6.42. The standard InChI is InChI=1S/C30H18ClNO/c31-21-14-16-26-25(18-21)22-15-13-20(19-7-2-1-3-8-19)17-28(22)32(26)27-11-6-10-24-23-9-4-5-12-29(23)33-30(24)27/h1-18H. The Morgan fingerprint density at radius 3 is 2.27 bits per heavy atom. The number of nitrogens with zero attached hydrogens (tertiary/aromatic N) is 1. The molecule has 0 aliphatic carbocycles. The average Bonchev–Trinajstić information content (AvgIpc) is 3.40. The van der Waals surface area contributed by atoms with Crippen LogP contribution in [0.1, 0.15) is 0 Å². The van der Waals surface area contributed by atoms with Gasteiger partial charge < -0.3 is 8.98 Å². The van der Waals surface area contributed by atoms with Gasteiger partial charge in [-0.3, -0.25) is 0 Å². The molecule has 0 unspecified atom stereocenters. The Hall–Kier alpha value is -4.01. The van der Waals surface area contributed by atoms with Crippen molar-refractivity contribution in [1.82, 2.24) is 4.57 Å². The Labute approximate surface area is 195 Å². The molecule has 0 spiro atoms. The summed E-state index contributed by atoms with van der Waals surface area (Å²) in [5, 5.41) is 5.27. The molecule has 0 aliphatic heterocycles. The highest BCUT2D eigenvalue weighted by Gasteiger charge is 2.18. The third-order valence-corrected chi connectivity index (χ3v) is 6.69. The molecular formula is C30H18ClNO. The minimum atomic E-state index is 0.732. The summed E-state index contributed by atoms with van der Waals surface area (Å²) in [5.74, 6) is 0. The van der Waals surface area contributed by atoms with Crippen LogP contribution in [-0.2, 0) is 0 Å². The molecule has 2 aromatic heterocycles. The molecule has 5 aromatic carbocycles. The van der Waals surface area contributed by atoms with E-state index >= 15 is 0 Å². The van der Waals surface area contributed by atoms with Crippen molar-refractivity contribution in [2.24, 2.45) is 0 Å². The van der Waals surface area contributed by atoms with Gasteiger partial charge in [0.25, 0.3) is 0 Å². The van der Waals surface area contributed by atoms with Gasteiger partial charge in [-0.05, 0) is 47.5 Å². The van der Waals surface area contributed by atoms with Crippen molar-refractivity contribution in [3.63, 3.8) is 0 Å². The summed E-state index contributed by atoms with van der Waals surface area (Å²) in [6, 6.07) is 37.8. The van der Waals surface area contributed by atoms with Crippen molar-refractivity contribution in [2.45, 2.75) is 0 Å². The number of hydrogen-bond acceptors (Lipinski definition) is 1. The van der Waals surface area contributed by atoms with Gasteiger partial charge in [0.1, 0.15) is 5.58 Å². The second-order valence-electron chi connectivity index (χ2n) is 8.35. The SMILES string of the molecule is Clc1ccc2c(c1)c1ccc(-c3ccccc3)cc1n2-c1cccc2c1oc1ccccc12. The highest BCUT2D eigenvalue weighted by molar-refractivity contribution is 6.32. The fourth-order valence-electron chi connectivity index (χ4n) is 4.97. The minimum Gasteiger partial charge on any atom is -0.454 e. The van der Waals surface area contributed by atoms with Crippen molar-refractivity contribution in [3.8, 4) is 16.8 Å². The molecule has 0 saturated heterocycles. The molecule has 0 radical (unpaired) electrons. The predicted octanol–water partition coefficient (Wildman–Crippen LogP) is 9.00. The van der Waals surface area contributed by atoms with Crippen molar-refractivity contribution < 1.29 is 4.42 Å². The van der Waals surface area contributed by atoms with E-state index in [9.17, 15) is 0 Å². The maximum absolute atomic E-state index is 6.42. The van der Waals surface area contributed by atoms with Crippen LogP contribution >= 0.6 is 11.6 Å². The van der Waals surface area contributed by atoms with Gasteiger partial charge in [-0.15, -0.1) is 0 Å². The van der Waals surface area contributed by atoms with Gasteiger partial charge in [-0.2, -0.15) is 0 Å². The summed E-state index contributed by atoms with van der Waals surface area (Å²) in [6.45, 7) is 0. The second kappa shape index (κ2) is 6.99. The second-order valence-corrected chi connectivity index (χ2v) is 8.78. The number of para-hydroxylation sites is 2. The summed E-state index contributed by atoms with van der Waals surface area (Å²) in [4.78, 5) is 0. The van der Waals surface area contributed by atoms with E-state index in [-0.39, 0.29) is 0 Å². The third kappa shape index (κ3) is 2.75. The van der Waals surface area contributed by atoms with Crippen molar-refractivity contribution in [2.75, 3.05) is 0 Å². The molecule has 0 fully saturated rings. The quantitative estimate of drug-likeness (QED) is 0.260. The van der Waals surface area contributed by atoms with Gasteiger partial charge in [0.15, 0.2) is 5.58 Å². The maximum atomic E-state index is 6.42. The van der Waals surface area contributed by atoms with E-state index < -0.39 is 0 Å². The molecule has 3 heteroatoms. The Morgan fingerprint density at radius 1 is 0.545 bits per heavy atom. The molecule has 156 valence electrons. The maximum Gasteiger partial charge on any atom is 0.159 e. The van der Waals surface area contributed by atoms with Crippen LogP contribution in [0, 0.1) is 0 Å². The fraction of sp³-hybridized carbons (Fsp3) is 0. The smallest absolute Gasteiger partial charge is 0.159 e. The van der Waals surface area contributed by atoms with Crippen LogP contribution in [0.4, 0.5) is 0 Å². The van der Waals surface area contributed by atoms with E-state index in [1.807, 2.05) is 24.3 Å². The summed E-state index contributed by atoms with van der Waals surface area (Å²) in [6.07, 6.45) is 0. The number of halogens is 1. The highest BCUT2D eigenvalue weighted by Crippen LogP contribution is 2.39. The van der Waals surface area contributed by atoms with Crippen LogP contribution in [-0.4, -0.2) is 4.57 Å². The zero-order valence-corrected chi connectivity index (χ0v) is 18.4. The van der Waals surface area contributed by atoms with Gasteiger partial charge in [0.05, 0.1) is 16.7 Å². The lowest BCUT2D eigenvalue weighted by atomic mass is 10.0. The van der Waals surface area contributed by atoms with E-state index in [1.54, 1.807) is 0 Å². The van der Waals surface area contributed by atoms with E-state index in [1.165, 1.54) is 16.5 Å². The molecule has 0 saturated carbocycles. The first-order chi connectivity index (χ1) is 16.3. The van der Waals surface area contributed by atoms with E-state index in [0.29, 0.717) is 0 Å². The molecule has 33 heavy (non-hydrogen) atoms. The number of fused-ring (bicyclic) bond motifs is 6. The van der Waals surface area contributed by atoms with Crippen molar-refractivity contribution >= 4 is 55.3 Å². The first kappa shape index (κ1) is 18.6. The van der Waals surface area contributed by atoms with E-state index in [4.69, 9.17) is 16.0 Å². The van der Waals surface area contributed by atoms with Crippen molar-refractivity contribution in [1.29, 1.82) is 0 Å². The molecule has 7 aromatic rings. The first-order valence-corrected chi connectivity index (χ1v) is 11.4. The number of furan rings is 1. The Balaban J connectivity index is 1.63. The Kier molecular flexibility index (Phi) is 3.93. The third-order valence-electron chi connectivity index (χ3n) is 6.46. The van der Waals surface area contributed by atoms with Gasteiger partial charge in [-0.1, -0.05) is 84.4 Å². The molecule has 0 aliphatic rings. The van der Waals surface area contributed by atoms with Gasteiger partial charge in [-0.25, -0.2) is 0 Å². The molecular weight excluding hydrogens is 426 g/mol. The molecule has 7 rings (SSSR count).